The van der Waals surface area contributed by atoms with E-state index < -0.39 is 5.41 Å². The molecule has 0 amide bonds. The molecule has 5 aromatic carbocycles. The van der Waals surface area contributed by atoms with E-state index in [4.69, 9.17) is 15.0 Å². The lowest BCUT2D eigenvalue weighted by atomic mass is 9.67. The number of hydrogen-bond donors (Lipinski definition) is 1. The largest absolute Gasteiger partial charge is 0.309 e. The highest BCUT2D eigenvalue weighted by molar-refractivity contribution is 7.26. The summed E-state index contributed by atoms with van der Waals surface area (Å²) in [5, 5.41) is 8.86. The number of aliphatic imine (C=N–C) groups is 1. The molecule has 0 saturated carbocycles. The van der Waals surface area contributed by atoms with E-state index in [1.165, 1.54) is 42.4 Å². The Bertz CT molecular complexity index is 3220. The van der Waals surface area contributed by atoms with Gasteiger partial charge in [-0.3, -0.25) is 4.99 Å². The Kier molecular flexibility index (Phi) is 7.91. The summed E-state index contributed by atoms with van der Waals surface area (Å²) in [4.78, 5) is 15.8. The molecule has 4 nitrogen and oxygen atoms in total. The second-order valence-electron chi connectivity index (χ2n) is 16.5. The van der Waals surface area contributed by atoms with Crippen LogP contribution in [0.5, 0.6) is 0 Å². The first-order valence-electron chi connectivity index (χ1n) is 20.6. The van der Waals surface area contributed by atoms with E-state index in [9.17, 15) is 0 Å². The fourth-order valence-corrected chi connectivity index (χ4v) is 11.5. The molecular formula is C54H40N4S. The first-order chi connectivity index (χ1) is 29.1. The van der Waals surface area contributed by atoms with E-state index in [1.807, 2.05) is 23.6 Å². The fraction of sp³-hybridized carbons (Fsp3) is 0.130. The number of pyridine rings is 2. The zero-order valence-corrected chi connectivity index (χ0v) is 33.4. The Balaban J connectivity index is 0.949. The van der Waals surface area contributed by atoms with Gasteiger partial charge in [0.15, 0.2) is 0 Å². The van der Waals surface area contributed by atoms with Gasteiger partial charge in [0.1, 0.15) is 0 Å². The first-order valence-corrected chi connectivity index (χ1v) is 21.5. The smallest absolute Gasteiger partial charge is 0.0972 e. The molecule has 2 aliphatic carbocycles. The monoisotopic (exact) mass is 776 g/mol. The number of nitrogens with one attached hydrogen (secondary N) is 1. The Hall–Kier alpha value is -6.53. The summed E-state index contributed by atoms with van der Waals surface area (Å²) in [7, 11) is 0. The standard InChI is InChI=1S/C54H40N4S/c1-54-29-10-30-55-53(54)38(25-26-44(54)47-28-22-35-20-19-34-21-27-45(33-11-3-2-4-12-33)57-50(34)51(35)58-47)36-13-9-14-37(31-36)43-32-56-46-17-7-5-16-42(46)49-40(43)23-24-41-39-15-6-8-18-48(39)59-52(41)49/h2-31,42-44,46,56H,32H2,1H3. The number of hydrogen-bond acceptors (Lipinski definition) is 5. The maximum Gasteiger partial charge on any atom is 0.0972 e. The van der Waals surface area contributed by atoms with Crippen molar-refractivity contribution in [3.8, 4) is 11.3 Å². The van der Waals surface area contributed by atoms with E-state index in [2.05, 4.69) is 182 Å². The molecule has 0 bridgehead atoms. The van der Waals surface area contributed by atoms with Crippen LogP contribution < -0.4 is 5.32 Å². The number of rotatable bonds is 4. The molecule has 3 aromatic heterocycles. The molecule has 0 radical (unpaired) electrons. The number of allylic oxidation sites excluding steroid dienone is 7. The Morgan fingerprint density at radius 1 is 0.695 bits per heavy atom. The molecule has 5 heterocycles. The minimum atomic E-state index is -0.402. The lowest BCUT2D eigenvalue weighted by molar-refractivity contribution is 0.441. The Morgan fingerprint density at radius 2 is 1.49 bits per heavy atom. The minimum absolute atomic E-state index is 0.0128. The highest BCUT2D eigenvalue weighted by atomic mass is 32.1. The van der Waals surface area contributed by atoms with E-state index in [-0.39, 0.29) is 23.8 Å². The van der Waals surface area contributed by atoms with Crippen molar-refractivity contribution >= 4 is 65.1 Å². The van der Waals surface area contributed by atoms with Gasteiger partial charge in [0.25, 0.3) is 0 Å². The van der Waals surface area contributed by atoms with Crippen LogP contribution in [0.1, 0.15) is 52.6 Å². The third-order valence-corrected chi connectivity index (χ3v) is 14.4. The molecule has 5 heteroatoms. The van der Waals surface area contributed by atoms with Crippen LogP contribution in [0.15, 0.2) is 187 Å². The van der Waals surface area contributed by atoms with E-state index in [0.717, 1.165) is 56.6 Å². The second kappa shape index (κ2) is 13.5. The predicted molar refractivity (Wildman–Crippen MR) is 247 cm³/mol. The van der Waals surface area contributed by atoms with Gasteiger partial charge in [-0.2, -0.15) is 0 Å². The molecule has 1 N–H and O–H groups in total. The van der Waals surface area contributed by atoms with Crippen molar-refractivity contribution in [2.75, 3.05) is 6.54 Å². The molecular weight excluding hydrogens is 737 g/mol. The van der Waals surface area contributed by atoms with Crippen LogP contribution >= 0.6 is 11.3 Å². The van der Waals surface area contributed by atoms with Crippen molar-refractivity contribution in [2.24, 2.45) is 10.4 Å². The van der Waals surface area contributed by atoms with Gasteiger partial charge in [0.05, 0.1) is 22.4 Å². The van der Waals surface area contributed by atoms with Gasteiger partial charge in [-0.15, -0.1) is 11.3 Å². The van der Waals surface area contributed by atoms with Crippen molar-refractivity contribution in [3.05, 3.63) is 210 Å². The minimum Gasteiger partial charge on any atom is -0.309 e. The van der Waals surface area contributed by atoms with Crippen LogP contribution in [-0.4, -0.2) is 28.8 Å². The van der Waals surface area contributed by atoms with Crippen LogP contribution in [-0.2, 0) is 0 Å². The summed E-state index contributed by atoms with van der Waals surface area (Å²) in [6.07, 6.45) is 20.2. The van der Waals surface area contributed by atoms with Crippen LogP contribution in [0.2, 0.25) is 0 Å². The number of aromatic nitrogens is 2. The van der Waals surface area contributed by atoms with Crippen LogP contribution in [0, 0.1) is 5.41 Å². The van der Waals surface area contributed by atoms with Crippen molar-refractivity contribution in [1.29, 1.82) is 0 Å². The molecule has 8 aromatic rings. The molecule has 5 atom stereocenters. The lowest BCUT2D eigenvalue weighted by Gasteiger charge is -2.39. The normalized spacial score (nSPS) is 23.2. The summed E-state index contributed by atoms with van der Waals surface area (Å²) < 4.78 is 2.76. The number of dihydropyridines is 1. The zero-order valence-electron chi connectivity index (χ0n) is 32.6. The third kappa shape index (κ3) is 5.49. The maximum atomic E-state index is 5.43. The molecule has 0 fully saturated rings. The summed E-state index contributed by atoms with van der Waals surface area (Å²) in [6, 6.07) is 46.5. The molecule has 0 saturated heterocycles. The SMILES string of the molecule is CC12C=CC=NC1=C(c1cccc(C3CNC4C=CC=CC4c4c3ccc3c4sc4ccccc43)c1)C=CC2c1ccc2ccc3ccc(-c4ccccc4)nc3c2n1. The molecule has 59 heavy (non-hydrogen) atoms. The maximum absolute atomic E-state index is 5.43. The van der Waals surface area contributed by atoms with Crippen molar-refractivity contribution < 1.29 is 0 Å². The van der Waals surface area contributed by atoms with Crippen LogP contribution in [0.4, 0.5) is 0 Å². The van der Waals surface area contributed by atoms with Crippen molar-refractivity contribution in [2.45, 2.75) is 30.7 Å². The van der Waals surface area contributed by atoms with Crippen LogP contribution in [0.3, 0.4) is 0 Å². The fourth-order valence-electron chi connectivity index (χ4n) is 10.2. The molecule has 12 rings (SSSR count). The van der Waals surface area contributed by atoms with Gasteiger partial charge in [-0.25, -0.2) is 9.97 Å². The zero-order chi connectivity index (χ0) is 39.1. The third-order valence-electron chi connectivity index (χ3n) is 13.1. The van der Waals surface area contributed by atoms with Crippen LogP contribution in [0.25, 0.3) is 58.8 Å². The first kappa shape index (κ1) is 34.5. The van der Waals surface area contributed by atoms with Gasteiger partial charge in [-0.1, -0.05) is 152 Å². The number of nitrogens with zero attached hydrogens (tertiary/aromatic N) is 3. The van der Waals surface area contributed by atoms with Gasteiger partial charge in [0, 0.05) is 89.7 Å². The number of thiophene rings is 1. The van der Waals surface area contributed by atoms with E-state index in [1.54, 1.807) is 0 Å². The van der Waals surface area contributed by atoms with E-state index in [0.29, 0.717) is 0 Å². The molecule has 0 spiro atoms. The van der Waals surface area contributed by atoms with Gasteiger partial charge in [0.2, 0.25) is 0 Å². The summed E-state index contributed by atoms with van der Waals surface area (Å²) >= 11 is 1.94. The second-order valence-corrected chi connectivity index (χ2v) is 17.5. The van der Waals surface area contributed by atoms with Gasteiger partial charge < -0.3 is 5.32 Å². The Morgan fingerprint density at radius 3 is 2.41 bits per heavy atom. The topological polar surface area (TPSA) is 50.2 Å². The van der Waals surface area contributed by atoms with E-state index >= 15 is 0 Å². The molecule has 282 valence electrons. The molecule has 5 unspecified atom stereocenters. The number of fused-ring (bicyclic) bond motifs is 11. The van der Waals surface area contributed by atoms with Crippen molar-refractivity contribution in [3.63, 3.8) is 0 Å². The quantitative estimate of drug-likeness (QED) is 0.181. The predicted octanol–water partition coefficient (Wildman–Crippen LogP) is 12.8. The lowest BCUT2D eigenvalue weighted by Crippen LogP contribution is -2.33. The van der Waals surface area contributed by atoms with Gasteiger partial charge >= 0.3 is 0 Å². The summed E-state index contributed by atoms with van der Waals surface area (Å²) in [6.45, 7) is 3.18. The molecule has 2 aliphatic heterocycles. The average Bonchev–Trinajstić information content (AvgIpc) is 3.58. The highest BCUT2D eigenvalue weighted by Gasteiger charge is 2.41. The van der Waals surface area contributed by atoms with Crippen molar-refractivity contribution in [1.82, 2.24) is 15.3 Å². The summed E-state index contributed by atoms with van der Waals surface area (Å²) in [5.41, 5.74) is 12.1. The summed E-state index contributed by atoms with van der Waals surface area (Å²) in [5.74, 6) is 0.448. The molecule has 4 aliphatic rings. The number of benzene rings is 5. The Labute approximate surface area is 347 Å². The average molecular weight is 777 g/mol. The van der Waals surface area contributed by atoms with Gasteiger partial charge in [-0.05, 0) is 53.5 Å². The highest BCUT2D eigenvalue weighted by Crippen LogP contribution is 2.52.